The Balaban J connectivity index is 1.79. The van der Waals surface area contributed by atoms with Gasteiger partial charge in [0.2, 0.25) is 10.0 Å². The third kappa shape index (κ3) is 3.92. The summed E-state index contributed by atoms with van der Waals surface area (Å²) in [7, 11) is -2.09. The maximum absolute atomic E-state index is 12.7. The highest BCUT2D eigenvalue weighted by atomic mass is 32.2. The number of benzene rings is 1. The number of aryl methyl sites for hydroxylation is 2. The van der Waals surface area contributed by atoms with Crippen LogP contribution >= 0.6 is 11.3 Å². The van der Waals surface area contributed by atoms with Gasteiger partial charge >= 0.3 is 0 Å². The molecule has 0 aliphatic carbocycles. The predicted octanol–water partition coefficient (Wildman–Crippen LogP) is 3.31. The first kappa shape index (κ1) is 18.5. The van der Waals surface area contributed by atoms with E-state index in [-0.39, 0.29) is 11.4 Å². The summed E-state index contributed by atoms with van der Waals surface area (Å²) in [4.78, 5) is 8.83. The van der Waals surface area contributed by atoms with E-state index in [0.717, 1.165) is 11.3 Å². The van der Waals surface area contributed by atoms with Crippen LogP contribution in [0.1, 0.15) is 16.1 Å². The number of nitrogens with zero attached hydrogens (tertiary/aromatic N) is 2. The van der Waals surface area contributed by atoms with Crippen LogP contribution in [0.5, 0.6) is 5.75 Å². The summed E-state index contributed by atoms with van der Waals surface area (Å²) in [5, 5.41) is 2.58. The number of sulfonamides is 1. The second-order valence-corrected chi connectivity index (χ2v) is 8.43. The zero-order valence-electron chi connectivity index (χ0n) is 14.7. The molecule has 0 fully saturated rings. The molecule has 0 atom stereocenters. The van der Waals surface area contributed by atoms with Gasteiger partial charge in [-0.25, -0.2) is 18.1 Å². The number of pyridine rings is 1. The largest absolute Gasteiger partial charge is 0.497 e. The zero-order valence-corrected chi connectivity index (χ0v) is 16.3. The molecule has 0 bridgehead atoms. The Bertz CT molecular complexity index is 992. The molecule has 3 rings (SSSR count). The number of methoxy groups -OCH3 is 1. The Morgan fingerprint density at radius 2 is 1.96 bits per heavy atom. The van der Waals surface area contributed by atoms with Gasteiger partial charge in [0, 0.05) is 23.3 Å². The molecule has 6 nitrogen and oxygen atoms in total. The molecule has 136 valence electrons. The predicted molar refractivity (Wildman–Crippen MR) is 102 cm³/mol. The fourth-order valence-electron chi connectivity index (χ4n) is 2.72. The minimum absolute atomic E-state index is 0.137. The van der Waals surface area contributed by atoms with Crippen molar-refractivity contribution in [1.82, 2.24) is 14.7 Å². The van der Waals surface area contributed by atoms with Crippen molar-refractivity contribution in [2.45, 2.75) is 25.3 Å². The van der Waals surface area contributed by atoms with E-state index in [1.54, 1.807) is 45.5 Å². The first-order valence-electron chi connectivity index (χ1n) is 7.90. The second kappa shape index (κ2) is 7.53. The molecule has 8 heteroatoms. The van der Waals surface area contributed by atoms with Gasteiger partial charge in [0.1, 0.15) is 10.8 Å². The first-order chi connectivity index (χ1) is 12.4. The van der Waals surface area contributed by atoms with Crippen molar-refractivity contribution in [3.05, 3.63) is 58.2 Å². The van der Waals surface area contributed by atoms with Crippen LogP contribution in [-0.4, -0.2) is 25.5 Å². The van der Waals surface area contributed by atoms with Gasteiger partial charge in [-0.3, -0.25) is 4.98 Å². The normalized spacial score (nSPS) is 11.5. The van der Waals surface area contributed by atoms with Crippen molar-refractivity contribution in [1.29, 1.82) is 0 Å². The van der Waals surface area contributed by atoms with Gasteiger partial charge in [-0.1, -0.05) is 0 Å². The molecule has 0 saturated carbocycles. The molecular weight excluding hydrogens is 370 g/mol. The first-order valence-corrected chi connectivity index (χ1v) is 10.3. The van der Waals surface area contributed by atoms with Crippen molar-refractivity contribution in [3.63, 3.8) is 0 Å². The lowest BCUT2D eigenvalue weighted by atomic mass is 10.1. The van der Waals surface area contributed by atoms with Crippen molar-refractivity contribution >= 4 is 21.4 Å². The van der Waals surface area contributed by atoms with Crippen LogP contribution in [0.2, 0.25) is 0 Å². The maximum atomic E-state index is 12.7. The topological polar surface area (TPSA) is 81.2 Å². The van der Waals surface area contributed by atoms with E-state index in [1.165, 1.54) is 11.3 Å². The number of hydrogen-bond acceptors (Lipinski definition) is 6. The number of hydrogen-bond donors (Lipinski definition) is 1. The number of ether oxygens (including phenoxy) is 1. The van der Waals surface area contributed by atoms with E-state index in [0.29, 0.717) is 21.9 Å². The molecule has 0 unspecified atom stereocenters. The average Bonchev–Trinajstić information content (AvgIpc) is 3.09. The van der Waals surface area contributed by atoms with Gasteiger partial charge in [-0.05, 0) is 49.2 Å². The minimum atomic E-state index is -3.65. The van der Waals surface area contributed by atoms with Gasteiger partial charge in [0.25, 0.3) is 0 Å². The van der Waals surface area contributed by atoms with E-state index in [1.807, 2.05) is 17.5 Å². The molecule has 3 aromatic rings. The number of rotatable bonds is 6. The molecule has 0 saturated heterocycles. The Morgan fingerprint density at radius 3 is 2.58 bits per heavy atom. The third-order valence-corrected chi connectivity index (χ3v) is 6.42. The summed E-state index contributed by atoms with van der Waals surface area (Å²) in [6, 6.07) is 7.18. The van der Waals surface area contributed by atoms with Crippen molar-refractivity contribution in [2.75, 3.05) is 7.11 Å². The lowest BCUT2D eigenvalue weighted by molar-refractivity contribution is 0.413. The number of aromatic nitrogens is 2. The Morgan fingerprint density at radius 1 is 1.23 bits per heavy atom. The molecule has 1 N–H and O–H groups in total. The van der Waals surface area contributed by atoms with Crippen LogP contribution in [0.4, 0.5) is 0 Å². The molecule has 2 aromatic heterocycles. The standard InChI is InChI=1S/C18H19N3O3S2/c1-12-7-15(24-3)8-13(2)18(12)26(22,23)20-10-17-21-16(11-25-17)14-5-4-6-19-9-14/h4-9,11,20H,10H2,1-3H3. The van der Waals surface area contributed by atoms with Crippen molar-refractivity contribution < 1.29 is 13.2 Å². The molecule has 1 aromatic carbocycles. The van der Waals surface area contributed by atoms with Crippen LogP contribution in [-0.2, 0) is 16.6 Å². The van der Waals surface area contributed by atoms with Crippen molar-refractivity contribution in [3.8, 4) is 17.0 Å². The quantitative estimate of drug-likeness (QED) is 0.699. The van der Waals surface area contributed by atoms with Gasteiger partial charge in [-0.15, -0.1) is 11.3 Å². The van der Waals surface area contributed by atoms with Crippen LogP contribution in [0, 0.1) is 13.8 Å². The van der Waals surface area contributed by atoms with Crippen LogP contribution in [0.3, 0.4) is 0 Å². The lowest BCUT2D eigenvalue weighted by Gasteiger charge is -2.13. The molecule has 0 aliphatic heterocycles. The van der Waals surface area contributed by atoms with Gasteiger partial charge in [0.05, 0.1) is 24.2 Å². The zero-order chi connectivity index (χ0) is 18.7. The summed E-state index contributed by atoms with van der Waals surface area (Å²) in [6.07, 6.45) is 3.43. The highest BCUT2D eigenvalue weighted by Crippen LogP contribution is 2.26. The summed E-state index contributed by atoms with van der Waals surface area (Å²) < 4.78 is 33.3. The maximum Gasteiger partial charge on any atom is 0.241 e. The fraction of sp³-hybridized carbons (Fsp3) is 0.222. The smallest absolute Gasteiger partial charge is 0.241 e. The summed E-state index contributed by atoms with van der Waals surface area (Å²) in [5.41, 5.74) is 2.97. The Hall–Kier alpha value is -2.29. The second-order valence-electron chi connectivity index (χ2n) is 5.78. The molecule has 0 amide bonds. The Kier molecular flexibility index (Phi) is 5.36. The van der Waals surface area contributed by atoms with E-state index in [2.05, 4.69) is 14.7 Å². The number of thiazole rings is 1. The fourth-order valence-corrected chi connectivity index (χ4v) is 4.99. The highest BCUT2D eigenvalue weighted by molar-refractivity contribution is 7.89. The van der Waals surface area contributed by atoms with Crippen LogP contribution < -0.4 is 9.46 Å². The van der Waals surface area contributed by atoms with Gasteiger partial charge < -0.3 is 4.74 Å². The SMILES string of the molecule is COc1cc(C)c(S(=O)(=O)NCc2nc(-c3cccnc3)cs2)c(C)c1. The molecule has 0 radical (unpaired) electrons. The molecule has 26 heavy (non-hydrogen) atoms. The van der Waals surface area contributed by atoms with Crippen LogP contribution in [0.25, 0.3) is 11.3 Å². The molecule has 0 spiro atoms. The molecular formula is C18H19N3O3S2. The van der Waals surface area contributed by atoms with E-state index >= 15 is 0 Å². The summed E-state index contributed by atoms with van der Waals surface area (Å²) in [6.45, 7) is 3.65. The summed E-state index contributed by atoms with van der Waals surface area (Å²) in [5.74, 6) is 0.639. The Labute approximate surface area is 157 Å². The van der Waals surface area contributed by atoms with E-state index in [9.17, 15) is 8.42 Å². The van der Waals surface area contributed by atoms with E-state index < -0.39 is 10.0 Å². The van der Waals surface area contributed by atoms with Gasteiger partial charge in [-0.2, -0.15) is 0 Å². The van der Waals surface area contributed by atoms with Crippen molar-refractivity contribution in [2.24, 2.45) is 0 Å². The van der Waals surface area contributed by atoms with Crippen LogP contribution in [0.15, 0.2) is 46.9 Å². The molecule has 2 heterocycles. The minimum Gasteiger partial charge on any atom is -0.497 e. The monoisotopic (exact) mass is 389 g/mol. The molecule has 0 aliphatic rings. The lowest BCUT2D eigenvalue weighted by Crippen LogP contribution is -2.24. The third-order valence-electron chi connectivity index (χ3n) is 3.86. The number of nitrogens with one attached hydrogen (secondary N) is 1. The highest BCUT2D eigenvalue weighted by Gasteiger charge is 2.21. The van der Waals surface area contributed by atoms with E-state index in [4.69, 9.17) is 4.74 Å². The summed E-state index contributed by atoms with van der Waals surface area (Å²) >= 11 is 1.41. The van der Waals surface area contributed by atoms with Gasteiger partial charge in [0.15, 0.2) is 0 Å². The average molecular weight is 390 g/mol.